The van der Waals surface area contributed by atoms with E-state index in [-0.39, 0.29) is 68.9 Å². The summed E-state index contributed by atoms with van der Waals surface area (Å²) in [7, 11) is 0. The number of nitrogens with zero attached hydrogens (tertiary/aromatic N) is 6. The van der Waals surface area contributed by atoms with E-state index in [4.69, 9.17) is 22.1 Å². The van der Waals surface area contributed by atoms with Gasteiger partial charge in [0, 0.05) is 18.0 Å². The number of anilines is 1. The average Bonchev–Trinajstić information content (AvgIpc) is 3.89. The number of aromatic nitrogens is 5. The lowest BCUT2D eigenvalue weighted by molar-refractivity contribution is -0.193. The van der Waals surface area contributed by atoms with Crippen LogP contribution in [0.2, 0.25) is 5.02 Å². The number of ether oxygens (including phenoxy) is 1. The van der Waals surface area contributed by atoms with E-state index in [0.717, 1.165) is 17.7 Å². The zero-order chi connectivity index (χ0) is 30.3. The highest BCUT2D eigenvalue weighted by atomic mass is 35.5. The number of carbonyl (C=O) groups is 2. The lowest BCUT2D eigenvalue weighted by Gasteiger charge is -2.33. The molecule has 2 N–H and O–H groups in total. The van der Waals surface area contributed by atoms with E-state index in [1.165, 1.54) is 41.5 Å². The van der Waals surface area contributed by atoms with Gasteiger partial charge in [0.1, 0.15) is 16.9 Å². The maximum absolute atomic E-state index is 14.9. The van der Waals surface area contributed by atoms with Crippen LogP contribution >= 0.6 is 11.6 Å². The van der Waals surface area contributed by atoms with Crippen LogP contribution in [0.15, 0.2) is 36.9 Å². The fraction of sp³-hybridized carbons (Fsp3) is 0.357. The number of nitrogens with two attached hydrogens (primary N) is 1. The average molecular weight is 616 g/mol. The molecule has 2 saturated carbocycles. The first-order valence-corrected chi connectivity index (χ1v) is 13.8. The second-order valence-electron chi connectivity index (χ2n) is 11.0. The maximum Gasteiger partial charge on any atom is 0.482 e. The Balaban J connectivity index is 1.40. The summed E-state index contributed by atoms with van der Waals surface area (Å²) in [6.07, 6.45) is -0.426. The minimum atomic E-state index is -4.23. The number of hydrogen-bond acceptors (Lipinski definition) is 7. The van der Waals surface area contributed by atoms with Crippen molar-refractivity contribution in [3.8, 4) is 16.9 Å². The number of halogens is 5. The van der Waals surface area contributed by atoms with Gasteiger partial charge >= 0.3 is 12.0 Å². The van der Waals surface area contributed by atoms with E-state index in [9.17, 15) is 27.2 Å². The van der Waals surface area contributed by atoms with Gasteiger partial charge in [-0.15, -0.1) is 0 Å². The van der Waals surface area contributed by atoms with E-state index < -0.39 is 36.4 Å². The highest BCUT2D eigenvalue weighted by Gasteiger charge is 2.54. The van der Waals surface area contributed by atoms with Crippen LogP contribution in [0.5, 0.6) is 5.75 Å². The van der Waals surface area contributed by atoms with E-state index in [2.05, 4.69) is 19.9 Å². The number of rotatable bonds is 8. The summed E-state index contributed by atoms with van der Waals surface area (Å²) in [5.74, 6) is -2.52. The quantitative estimate of drug-likeness (QED) is 0.280. The van der Waals surface area contributed by atoms with Gasteiger partial charge in [0.2, 0.25) is 0 Å². The molecule has 0 saturated heterocycles. The number of carbonyl (C=O) groups excluding carboxylic acids is 2. The molecular weight excluding hydrogens is 594 g/mol. The molecule has 7 rings (SSSR count). The number of pyridine rings is 1. The molecule has 4 aromatic rings. The molecular formula is C28H22ClF4N7O3. The van der Waals surface area contributed by atoms with Gasteiger partial charge in [-0.3, -0.25) is 14.5 Å². The Labute approximate surface area is 245 Å². The molecule has 0 unspecified atom stereocenters. The molecule has 10 nitrogen and oxygen atoms in total. The second kappa shape index (κ2) is 9.59. The minimum absolute atomic E-state index is 0.00233. The highest BCUT2D eigenvalue weighted by molar-refractivity contribution is 6.30. The summed E-state index contributed by atoms with van der Waals surface area (Å²) in [6, 6.07) is 4.12. The molecule has 1 aromatic carbocycles. The van der Waals surface area contributed by atoms with Crippen LogP contribution < -0.4 is 15.4 Å². The Morgan fingerprint density at radius 1 is 1.16 bits per heavy atom. The topological polar surface area (TPSA) is 129 Å². The first-order valence-electron chi connectivity index (χ1n) is 13.5. The summed E-state index contributed by atoms with van der Waals surface area (Å²) in [5, 5.41) is 0.228. The molecule has 0 radical (unpaired) electrons. The number of primary amides is 1. The lowest BCUT2D eigenvalue weighted by Crippen LogP contribution is -2.50. The number of fused-ring (bicyclic) bond motifs is 2. The maximum atomic E-state index is 14.9. The van der Waals surface area contributed by atoms with Crippen LogP contribution in [0, 0.1) is 5.92 Å². The number of imidazole rings is 1. The Bertz CT molecular complexity index is 1810. The molecule has 4 heterocycles. The minimum Gasteiger partial charge on any atom is -0.423 e. The number of amides is 2. The molecule has 15 heteroatoms. The van der Waals surface area contributed by atoms with Gasteiger partial charge in [-0.2, -0.15) is 8.78 Å². The normalized spacial score (nSPS) is 18.6. The molecule has 222 valence electrons. The first kappa shape index (κ1) is 27.5. The van der Waals surface area contributed by atoms with Crippen LogP contribution in [-0.4, -0.2) is 48.9 Å². The third-order valence-electron chi connectivity index (χ3n) is 8.08. The number of alkyl halides is 4. The largest absolute Gasteiger partial charge is 0.482 e. The third-order valence-corrected chi connectivity index (χ3v) is 8.27. The second-order valence-corrected chi connectivity index (χ2v) is 11.5. The predicted octanol–water partition coefficient (Wildman–Crippen LogP) is 4.87. The zero-order valence-electron chi connectivity index (χ0n) is 22.2. The fourth-order valence-electron chi connectivity index (χ4n) is 5.52. The molecule has 3 aromatic heterocycles. The molecule has 0 atom stereocenters. The van der Waals surface area contributed by atoms with Crippen LogP contribution in [0.25, 0.3) is 22.3 Å². The summed E-state index contributed by atoms with van der Waals surface area (Å²) < 4.78 is 64.2. The van der Waals surface area contributed by atoms with Gasteiger partial charge in [-0.1, -0.05) is 17.7 Å². The molecule has 1 aliphatic heterocycles. The van der Waals surface area contributed by atoms with Crippen molar-refractivity contribution in [3.05, 3.63) is 59.0 Å². The molecule has 43 heavy (non-hydrogen) atoms. The zero-order valence-corrected chi connectivity index (χ0v) is 23.0. The Morgan fingerprint density at radius 3 is 2.51 bits per heavy atom. The van der Waals surface area contributed by atoms with Gasteiger partial charge in [-0.25, -0.2) is 28.7 Å². The van der Waals surface area contributed by atoms with Crippen LogP contribution in [0.3, 0.4) is 0 Å². The molecule has 0 bridgehead atoms. The van der Waals surface area contributed by atoms with Gasteiger partial charge in [0.15, 0.2) is 11.4 Å². The van der Waals surface area contributed by atoms with Crippen molar-refractivity contribution in [3.63, 3.8) is 0 Å². The van der Waals surface area contributed by atoms with Crippen molar-refractivity contribution in [2.45, 2.75) is 56.7 Å². The highest BCUT2D eigenvalue weighted by Crippen LogP contribution is 2.51. The molecule has 2 fully saturated rings. The Morgan fingerprint density at radius 2 is 1.88 bits per heavy atom. The molecule has 2 aliphatic carbocycles. The standard InChI is InChI=1S/C28H22ClF4N7O3/c29-15-9-35-19(36-10-15)11-39-17-4-3-14(8-18(17)43-28(32,33)26(39)42)20-21(23(34)41)16(7-13-1-2-13)38-24-22(20)37-12-40(24)27(5-6-27)25(30)31/h3-4,8-10,12-13,25H,1-2,5-7,11H2,(H2,34,41). The van der Waals surface area contributed by atoms with Crippen molar-refractivity contribution >= 4 is 40.3 Å². The van der Waals surface area contributed by atoms with E-state index >= 15 is 0 Å². The van der Waals surface area contributed by atoms with E-state index in [0.29, 0.717) is 12.1 Å². The van der Waals surface area contributed by atoms with E-state index in [1.54, 1.807) is 0 Å². The summed E-state index contributed by atoms with van der Waals surface area (Å²) in [5.41, 5.74) is 5.37. The predicted molar refractivity (Wildman–Crippen MR) is 145 cm³/mol. The number of benzene rings is 1. The van der Waals surface area contributed by atoms with Crippen molar-refractivity contribution in [1.29, 1.82) is 0 Å². The smallest absolute Gasteiger partial charge is 0.423 e. The van der Waals surface area contributed by atoms with Crippen LogP contribution in [0.1, 0.15) is 47.6 Å². The lowest BCUT2D eigenvalue weighted by atomic mass is 9.94. The van der Waals surface area contributed by atoms with Crippen molar-refractivity contribution in [2.75, 3.05) is 4.90 Å². The number of hydrogen-bond donors (Lipinski definition) is 1. The summed E-state index contributed by atoms with van der Waals surface area (Å²) in [6.45, 7) is -0.404. The first-order chi connectivity index (χ1) is 20.5. The van der Waals surface area contributed by atoms with E-state index in [1.807, 2.05) is 0 Å². The van der Waals surface area contributed by atoms with Gasteiger partial charge in [0.25, 0.3) is 12.3 Å². The Kier molecular flexibility index (Phi) is 6.13. The molecule has 2 amide bonds. The van der Waals surface area contributed by atoms with Crippen molar-refractivity contribution < 1.29 is 31.9 Å². The summed E-state index contributed by atoms with van der Waals surface area (Å²) >= 11 is 5.82. The summed E-state index contributed by atoms with van der Waals surface area (Å²) in [4.78, 5) is 43.4. The third kappa shape index (κ3) is 4.55. The SMILES string of the molecule is NC(=O)c1c(CC2CC2)nc2c(ncn2C2(C(F)F)CC2)c1-c1ccc2c(c1)OC(F)(F)C(=O)N2Cc1ncc(Cl)cn1. The molecule has 0 spiro atoms. The van der Waals surface area contributed by atoms with Crippen molar-refractivity contribution in [2.24, 2.45) is 11.7 Å². The molecule has 3 aliphatic rings. The monoisotopic (exact) mass is 615 g/mol. The fourth-order valence-corrected chi connectivity index (χ4v) is 5.62. The van der Waals surface area contributed by atoms with Gasteiger partial charge in [0.05, 0.1) is 34.8 Å². The van der Waals surface area contributed by atoms with Crippen molar-refractivity contribution in [1.82, 2.24) is 24.5 Å². The van der Waals surface area contributed by atoms with Crippen LogP contribution in [-0.2, 0) is 23.3 Å². The van der Waals surface area contributed by atoms with Gasteiger partial charge < -0.3 is 15.0 Å². The van der Waals surface area contributed by atoms with Gasteiger partial charge in [-0.05, 0) is 55.7 Å². The Hall–Kier alpha value is -4.33. The van der Waals surface area contributed by atoms with Crippen LogP contribution in [0.4, 0.5) is 23.2 Å².